The van der Waals surface area contributed by atoms with E-state index in [-0.39, 0.29) is 18.7 Å². The molecule has 4 heteroatoms. The lowest BCUT2D eigenvalue weighted by Gasteiger charge is -2.29. The summed E-state index contributed by atoms with van der Waals surface area (Å²) in [4.78, 5) is 2.25. The van der Waals surface area contributed by atoms with Crippen molar-refractivity contribution in [3.05, 3.63) is 23.8 Å². The largest absolute Gasteiger partial charge is 0.496 e. The second-order valence-electron chi connectivity index (χ2n) is 4.85. The average molecular weight is 250 g/mol. The van der Waals surface area contributed by atoms with Gasteiger partial charge >= 0.3 is 0 Å². The number of nitrogens with zero attached hydrogens (tertiary/aromatic N) is 1. The normalized spacial score (nSPS) is 21.1. The number of methoxy groups -OCH3 is 1. The van der Waals surface area contributed by atoms with Crippen molar-refractivity contribution in [2.75, 3.05) is 25.2 Å². The minimum absolute atomic E-state index is 0.0870. The molecule has 1 aromatic carbocycles. The molecule has 1 unspecified atom stereocenters. The third-order valence-electron chi connectivity index (χ3n) is 3.62. The van der Waals surface area contributed by atoms with Crippen LogP contribution in [-0.4, -0.2) is 31.4 Å². The van der Waals surface area contributed by atoms with Crippen LogP contribution >= 0.6 is 0 Å². The number of benzene rings is 1. The minimum atomic E-state index is -0.0870. The Morgan fingerprint density at radius 2 is 2.33 bits per heavy atom. The molecule has 1 fully saturated rings. The van der Waals surface area contributed by atoms with Crippen LogP contribution in [0.5, 0.6) is 5.75 Å². The van der Waals surface area contributed by atoms with Gasteiger partial charge in [0.1, 0.15) is 5.75 Å². The molecule has 100 valence electrons. The first-order chi connectivity index (χ1) is 8.69. The van der Waals surface area contributed by atoms with Gasteiger partial charge < -0.3 is 20.5 Å². The third-order valence-corrected chi connectivity index (χ3v) is 3.62. The number of aliphatic hydroxyl groups excluding tert-OH is 1. The van der Waals surface area contributed by atoms with Gasteiger partial charge in [0.15, 0.2) is 0 Å². The first-order valence-corrected chi connectivity index (χ1v) is 6.49. The zero-order valence-electron chi connectivity index (χ0n) is 11.1. The maximum absolute atomic E-state index is 9.45. The molecule has 0 bridgehead atoms. The Balaban J connectivity index is 2.43. The molecule has 0 saturated carbocycles. The van der Waals surface area contributed by atoms with Crippen LogP contribution in [0.2, 0.25) is 0 Å². The molecule has 0 spiro atoms. The molecule has 0 aliphatic carbocycles. The fourth-order valence-corrected chi connectivity index (χ4v) is 2.76. The van der Waals surface area contributed by atoms with E-state index in [0.717, 1.165) is 36.4 Å². The maximum Gasteiger partial charge on any atom is 0.125 e. The first kappa shape index (κ1) is 13.2. The number of aliphatic hydroxyl groups is 1. The van der Waals surface area contributed by atoms with Gasteiger partial charge in [0.25, 0.3) is 0 Å². The Morgan fingerprint density at radius 3 is 2.94 bits per heavy atom. The van der Waals surface area contributed by atoms with Gasteiger partial charge in [0.05, 0.1) is 19.8 Å². The van der Waals surface area contributed by atoms with E-state index in [0.29, 0.717) is 0 Å². The van der Waals surface area contributed by atoms with Crippen molar-refractivity contribution in [3.63, 3.8) is 0 Å². The zero-order chi connectivity index (χ0) is 13.1. The predicted octanol–water partition coefficient (Wildman–Crippen LogP) is 1.68. The van der Waals surface area contributed by atoms with E-state index < -0.39 is 0 Å². The van der Waals surface area contributed by atoms with Gasteiger partial charge in [0, 0.05) is 23.8 Å². The highest BCUT2D eigenvalue weighted by Gasteiger charge is 2.27. The molecular weight excluding hydrogens is 228 g/mol. The fraction of sp³-hybridized carbons (Fsp3) is 0.571. The topological polar surface area (TPSA) is 58.7 Å². The smallest absolute Gasteiger partial charge is 0.125 e. The molecule has 1 heterocycles. The lowest BCUT2D eigenvalue weighted by atomic mass is 10.0. The predicted molar refractivity (Wildman–Crippen MR) is 73.1 cm³/mol. The Kier molecular flexibility index (Phi) is 4.09. The monoisotopic (exact) mass is 250 g/mol. The van der Waals surface area contributed by atoms with Gasteiger partial charge in [0.2, 0.25) is 0 Å². The molecule has 3 N–H and O–H groups in total. The Bertz CT molecular complexity index is 407. The van der Waals surface area contributed by atoms with E-state index in [2.05, 4.69) is 11.0 Å². The van der Waals surface area contributed by atoms with Crippen LogP contribution in [0.4, 0.5) is 5.69 Å². The van der Waals surface area contributed by atoms with Gasteiger partial charge in [-0.15, -0.1) is 0 Å². The summed E-state index contributed by atoms with van der Waals surface area (Å²) >= 11 is 0. The summed E-state index contributed by atoms with van der Waals surface area (Å²) in [5, 5.41) is 9.45. The summed E-state index contributed by atoms with van der Waals surface area (Å²) in [7, 11) is 1.67. The van der Waals surface area contributed by atoms with Crippen LogP contribution < -0.4 is 15.4 Å². The van der Waals surface area contributed by atoms with Crippen molar-refractivity contribution in [2.24, 2.45) is 5.73 Å². The van der Waals surface area contributed by atoms with E-state index >= 15 is 0 Å². The second-order valence-corrected chi connectivity index (χ2v) is 4.85. The summed E-state index contributed by atoms with van der Waals surface area (Å²) in [6.07, 6.45) is 2.15. The number of hydrogen-bond donors (Lipinski definition) is 2. The molecule has 0 amide bonds. The molecule has 18 heavy (non-hydrogen) atoms. The van der Waals surface area contributed by atoms with Gasteiger partial charge in [-0.05, 0) is 31.9 Å². The van der Waals surface area contributed by atoms with Gasteiger partial charge in [-0.2, -0.15) is 0 Å². The Morgan fingerprint density at radius 1 is 1.56 bits per heavy atom. The van der Waals surface area contributed by atoms with E-state index in [1.54, 1.807) is 7.11 Å². The molecule has 1 saturated heterocycles. The van der Waals surface area contributed by atoms with Crippen LogP contribution in [0, 0.1) is 0 Å². The van der Waals surface area contributed by atoms with Crippen LogP contribution in [-0.2, 0) is 0 Å². The molecule has 2 atom stereocenters. The fourth-order valence-electron chi connectivity index (χ4n) is 2.76. The third kappa shape index (κ3) is 2.31. The zero-order valence-corrected chi connectivity index (χ0v) is 11.1. The SMILES string of the molecule is COc1cccc(N2CCCC2CO)c1[C@@H](C)N. The van der Waals surface area contributed by atoms with Crippen LogP contribution in [0.3, 0.4) is 0 Å². The van der Waals surface area contributed by atoms with Crippen LogP contribution in [0.1, 0.15) is 31.4 Å². The highest BCUT2D eigenvalue weighted by molar-refractivity contribution is 5.61. The van der Waals surface area contributed by atoms with Gasteiger partial charge in [-0.3, -0.25) is 0 Å². The van der Waals surface area contributed by atoms with E-state index in [1.807, 2.05) is 19.1 Å². The summed E-state index contributed by atoms with van der Waals surface area (Å²) in [6, 6.07) is 6.10. The molecule has 0 aromatic heterocycles. The highest BCUT2D eigenvalue weighted by Crippen LogP contribution is 2.36. The minimum Gasteiger partial charge on any atom is -0.496 e. The number of rotatable bonds is 4. The van der Waals surface area contributed by atoms with E-state index in [1.165, 1.54) is 0 Å². The summed E-state index contributed by atoms with van der Waals surface area (Å²) in [5.74, 6) is 0.825. The highest BCUT2D eigenvalue weighted by atomic mass is 16.5. The molecule has 4 nitrogen and oxygen atoms in total. The van der Waals surface area contributed by atoms with Crippen molar-refractivity contribution in [2.45, 2.75) is 31.8 Å². The molecule has 1 aromatic rings. The quantitative estimate of drug-likeness (QED) is 0.853. The lowest BCUT2D eigenvalue weighted by Crippen LogP contribution is -2.33. The molecule has 0 radical (unpaired) electrons. The van der Waals surface area contributed by atoms with E-state index in [4.69, 9.17) is 10.5 Å². The van der Waals surface area contributed by atoms with Crippen LogP contribution in [0.25, 0.3) is 0 Å². The van der Waals surface area contributed by atoms with Crippen LogP contribution in [0.15, 0.2) is 18.2 Å². The Labute approximate surface area is 108 Å². The Hall–Kier alpha value is -1.26. The molecule has 1 aliphatic heterocycles. The van der Waals surface area contributed by atoms with Crippen molar-refractivity contribution in [1.29, 1.82) is 0 Å². The number of ether oxygens (including phenoxy) is 1. The number of anilines is 1. The molecule has 1 aliphatic rings. The summed E-state index contributed by atoms with van der Waals surface area (Å²) in [6.45, 7) is 3.12. The van der Waals surface area contributed by atoms with E-state index in [9.17, 15) is 5.11 Å². The summed E-state index contributed by atoms with van der Waals surface area (Å²) in [5.41, 5.74) is 8.20. The van der Waals surface area contributed by atoms with Crippen molar-refractivity contribution < 1.29 is 9.84 Å². The molecule has 2 rings (SSSR count). The lowest BCUT2D eigenvalue weighted by molar-refractivity contribution is 0.266. The van der Waals surface area contributed by atoms with Crippen molar-refractivity contribution in [1.82, 2.24) is 0 Å². The standard InChI is InChI=1S/C14H22N2O2/c1-10(15)14-12(6-3-7-13(14)18-2)16-8-4-5-11(16)9-17/h3,6-7,10-11,17H,4-5,8-9,15H2,1-2H3/t10-,11?/m1/s1. The average Bonchev–Trinajstić information content (AvgIpc) is 2.85. The van der Waals surface area contributed by atoms with Crippen molar-refractivity contribution >= 4 is 5.69 Å². The summed E-state index contributed by atoms with van der Waals surface area (Å²) < 4.78 is 5.41. The maximum atomic E-state index is 9.45. The number of hydrogen-bond acceptors (Lipinski definition) is 4. The second kappa shape index (κ2) is 5.59. The molecular formula is C14H22N2O2. The van der Waals surface area contributed by atoms with Gasteiger partial charge in [-0.25, -0.2) is 0 Å². The van der Waals surface area contributed by atoms with Gasteiger partial charge in [-0.1, -0.05) is 6.07 Å². The van der Waals surface area contributed by atoms with Crippen molar-refractivity contribution in [3.8, 4) is 5.75 Å². The number of nitrogens with two attached hydrogens (primary N) is 1. The first-order valence-electron chi connectivity index (χ1n) is 6.49.